The molecular formula is C19H17Cl3N4O2. The number of halogens is 3. The lowest BCUT2D eigenvalue weighted by Gasteiger charge is -2.13. The Morgan fingerprint density at radius 2 is 1.89 bits per heavy atom. The molecule has 0 amide bonds. The van der Waals surface area contributed by atoms with E-state index < -0.39 is 5.97 Å². The van der Waals surface area contributed by atoms with Gasteiger partial charge in [-0.05, 0) is 43.9 Å². The maximum absolute atomic E-state index is 12.1. The Morgan fingerprint density at radius 1 is 1.14 bits per heavy atom. The molecule has 2 aromatic heterocycles. The van der Waals surface area contributed by atoms with Crippen molar-refractivity contribution in [3.63, 3.8) is 0 Å². The largest absolute Gasteiger partial charge is 0.477 e. The van der Waals surface area contributed by atoms with Crippen LogP contribution < -0.4 is 0 Å². The number of aromatic carboxylic acids is 1. The zero-order chi connectivity index (χ0) is 20.4. The third-order valence-corrected chi connectivity index (χ3v) is 4.82. The summed E-state index contributed by atoms with van der Waals surface area (Å²) in [5.41, 5.74) is 1.81. The van der Waals surface area contributed by atoms with Gasteiger partial charge in [0.25, 0.3) is 0 Å². The number of imidazole rings is 1. The van der Waals surface area contributed by atoms with Crippen LogP contribution in [-0.2, 0) is 13.1 Å². The monoisotopic (exact) mass is 438 g/mol. The zero-order valence-corrected chi connectivity index (χ0v) is 17.4. The molecule has 0 saturated heterocycles. The summed E-state index contributed by atoms with van der Waals surface area (Å²) in [7, 11) is 3.69. The lowest BCUT2D eigenvalue weighted by Crippen LogP contribution is -2.17. The Bertz CT molecular complexity index is 1030. The lowest BCUT2D eigenvalue weighted by molar-refractivity contribution is 0.0683. The Hall–Kier alpha value is -2.12. The van der Waals surface area contributed by atoms with Crippen molar-refractivity contribution in [2.75, 3.05) is 14.1 Å². The second-order valence-electron chi connectivity index (χ2n) is 6.49. The van der Waals surface area contributed by atoms with Crippen LogP contribution in [0.25, 0.3) is 11.4 Å². The van der Waals surface area contributed by atoms with E-state index in [1.54, 1.807) is 35.0 Å². The molecule has 0 aliphatic heterocycles. The number of carbonyl (C=O) groups is 1. The Morgan fingerprint density at radius 3 is 2.54 bits per heavy atom. The minimum atomic E-state index is -1.08. The SMILES string of the molecule is CN(C)Cc1nc(-c2cncc(Cl)c2)n(Cc2cc(Cl)ccc2Cl)c1C(=O)O. The summed E-state index contributed by atoms with van der Waals surface area (Å²) >= 11 is 18.5. The van der Waals surface area contributed by atoms with Crippen molar-refractivity contribution in [2.24, 2.45) is 0 Å². The predicted molar refractivity (Wildman–Crippen MR) is 110 cm³/mol. The highest BCUT2D eigenvalue weighted by Crippen LogP contribution is 2.28. The van der Waals surface area contributed by atoms with Crippen LogP contribution in [0.5, 0.6) is 0 Å². The number of carboxylic acid groups (broad SMARTS) is 1. The van der Waals surface area contributed by atoms with Crippen molar-refractivity contribution in [3.8, 4) is 11.4 Å². The summed E-state index contributed by atoms with van der Waals surface area (Å²) in [6, 6.07) is 6.76. The molecule has 1 aromatic carbocycles. The number of aromatic nitrogens is 3. The maximum atomic E-state index is 12.1. The molecular weight excluding hydrogens is 423 g/mol. The zero-order valence-electron chi connectivity index (χ0n) is 15.2. The topological polar surface area (TPSA) is 71.2 Å². The third kappa shape index (κ3) is 4.47. The van der Waals surface area contributed by atoms with E-state index in [-0.39, 0.29) is 12.2 Å². The molecule has 0 aliphatic rings. The lowest BCUT2D eigenvalue weighted by atomic mass is 10.2. The molecule has 0 fully saturated rings. The van der Waals surface area contributed by atoms with Gasteiger partial charge in [-0.15, -0.1) is 0 Å². The first-order valence-electron chi connectivity index (χ1n) is 8.28. The highest BCUT2D eigenvalue weighted by Gasteiger charge is 2.24. The summed E-state index contributed by atoms with van der Waals surface area (Å²) in [4.78, 5) is 22.6. The minimum Gasteiger partial charge on any atom is -0.477 e. The van der Waals surface area contributed by atoms with Crippen LogP contribution in [-0.4, -0.2) is 44.6 Å². The van der Waals surface area contributed by atoms with E-state index in [0.717, 1.165) is 0 Å². The van der Waals surface area contributed by atoms with E-state index in [9.17, 15) is 9.90 Å². The molecule has 3 rings (SSSR count). The van der Waals surface area contributed by atoms with Crippen LogP contribution in [0, 0.1) is 0 Å². The number of hydrogen-bond acceptors (Lipinski definition) is 4. The van der Waals surface area contributed by atoms with E-state index in [1.807, 2.05) is 19.0 Å². The van der Waals surface area contributed by atoms with E-state index in [1.165, 1.54) is 6.20 Å². The first-order chi connectivity index (χ1) is 13.3. The maximum Gasteiger partial charge on any atom is 0.354 e. The third-order valence-electron chi connectivity index (χ3n) is 4.01. The van der Waals surface area contributed by atoms with Gasteiger partial charge in [-0.2, -0.15) is 0 Å². The molecule has 6 nitrogen and oxygen atoms in total. The van der Waals surface area contributed by atoms with Gasteiger partial charge in [0.05, 0.1) is 17.3 Å². The number of rotatable bonds is 6. The minimum absolute atomic E-state index is 0.0831. The summed E-state index contributed by atoms with van der Waals surface area (Å²) in [6.45, 7) is 0.544. The normalized spacial score (nSPS) is 11.2. The van der Waals surface area contributed by atoms with Crippen LogP contribution in [0.3, 0.4) is 0 Å². The van der Waals surface area contributed by atoms with Crippen molar-refractivity contribution < 1.29 is 9.90 Å². The van der Waals surface area contributed by atoms with Crippen LogP contribution in [0.1, 0.15) is 21.7 Å². The fraction of sp³-hybridized carbons (Fsp3) is 0.211. The van der Waals surface area contributed by atoms with Crippen molar-refractivity contribution in [3.05, 3.63) is 68.7 Å². The molecule has 28 heavy (non-hydrogen) atoms. The molecule has 0 atom stereocenters. The second kappa shape index (κ2) is 8.49. The fourth-order valence-electron chi connectivity index (χ4n) is 2.89. The standard InChI is InChI=1S/C19H17Cl3N4O2/c1-25(2)10-16-17(19(27)28)26(9-12-6-13(20)3-4-15(12)22)18(24-16)11-5-14(21)8-23-7-11/h3-8H,9-10H2,1-2H3,(H,27,28). The predicted octanol–water partition coefficient (Wildman–Crippen LogP) is 4.71. The molecule has 0 radical (unpaired) electrons. The van der Waals surface area contributed by atoms with Gasteiger partial charge in [0.2, 0.25) is 0 Å². The van der Waals surface area contributed by atoms with Gasteiger partial charge < -0.3 is 14.6 Å². The van der Waals surface area contributed by atoms with E-state index in [0.29, 0.717) is 44.3 Å². The highest BCUT2D eigenvalue weighted by molar-refractivity contribution is 6.33. The van der Waals surface area contributed by atoms with Gasteiger partial charge in [-0.25, -0.2) is 9.78 Å². The molecule has 0 unspecified atom stereocenters. The van der Waals surface area contributed by atoms with Crippen LogP contribution in [0.4, 0.5) is 0 Å². The molecule has 0 aliphatic carbocycles. The number of carboxylic acids is 1. The number of nitrogens with zero attached hydrogens (tertiary/aromatic N) is 4. The Balaban J connectivity index is 2.23. The molecule has 3 aromatic rings. The fourth-order valence-corrected chi connectivity index (χ4v) is 3.44. The summed E-state index contributed by atoms with van der Waals surface area (Å²) in [5.74, 6) is -0.635. The van der Waals surface area contributed by atoms with E-state index >= 15 is 0 Å². The van der Waals surface area contributed by atoms with Crippen molar-refractivity contribution in [2.45, 2.75) is 13.1 Å². The molecule has 146 valence electrons. The molecule has 2 heterocycles. The molecule has 9 heteroatoms. The quantitative estimate of drug-likeness (QED) is 0.602. The van der Waals surface area contributed by atoms with Crippen molar-refractivity contribution >= 4 is 40.8 Å². The molecule has 1 N–H and O–H groups in total. The van der Waals surface area contributed by atoms with Crippen LogP contribution >= 0.6 is 34.8 Å². The van der Waals surface area contributed by atoms with Gasteiger partial charge in [-0.3, -0.25) is 4.98 Å². The van der Waals surface area contributed by atoms with Gasteiger partial charge in [-0.1, -0.05) is 34.8 Å². The smallest absolute Gasteiger partial charge is 0.354 e. The molecule has 0 bridgehead atoms. The van der Waals surface area contributed by atoms with E-state index in [2.05, 4.69) is 9.97 Å². The van der Waals surface area contributed by atoms with E-state index in [4.69, 9.17) is 34.8 Å². The first kappa shape index (κ1) is 20.6. The first-order valence-corrected chi connectivity index (χ1v) is 9.42. The Kier molecular flexibility index (Phi) is 6.25. The average molecular weight is 440 g/mol. The average Bonchev–Trinajstić information content (AvgIpc) is 2.95. The molecule has 0 saturated carbocycles. The summed E-state index contributed by atoms with van der Waals surface area (Å²) in [5, 5.41) is 11.3. The summed E-state index contributed by atoms with van der Waals surface area (Å²) in [6.07, 6.45) is 3.10. The number of benzene rings is 1. The van der Waals surface area contributed by atoms with Crippen LogP contribution in [0.2, 0.25) is 15.1 Å². The second-order valence-corrected chi connectivity index (χ2v) is 7.77. The Labute approximate surface area is 177 Å². The van der Waals surface area contributed by atoms with Crippen LogP contribution in [0.15, 0.2) is 36.7 Å². The summed E-state index contributed by atoms with van der Waals surface area (Å²) < 4.78 is 1.60. The van der Waals surface area contributed by atoms with Gasteiger partial charge >= 0.3 is 5.97 Å². The number of pyridine rings is 1. The van der Waals surface area contributed by atoms with Crippen molar-refractivity contribution in [1.29, 1.82) is 0 Å². The van der Waals surface area contributed by atoms with Gasteiger partial charge in [0.15, 0.2) is 5.69 Å². The highest BCUT2D eigenvalue weighted by atomic mass is 35.5. The van der Waals surface area contributed by atoms with Gasteiger partial charge in [0, 0.05) is 34.5 Å². The number of hydrogen-bond donors (Lipinski definition) is 1. The molecule has 0 spiro atoms. The van der Waals surface area contributed by atoms with Gasteiger partial charge in [0.1, 0.15) is 5.82 Å². The van der Waals surface area contributed by atoms with Crippen molar-refractivity contribution in [1.82, 2.24) is 19.4 Å².